The largest absolute Gasteiger partial charge is 0.307 e. The van der Waals surface area contributed by atoms with Gasteiger partial charge in [-0.2, -0.15) is 0 Å². The molecule has 0 saturated heterocycles. The maximum atomic E-state index is 13.6. The lowest BCUT2D eigenvalue weighted by Crippen LogP contribution is -2.16. The number of nitrogens with zero attached hydrogens (tertiary/aromatic N) is 3. The number of benzene rings is 1. The Balaban J connectivity index is 2.21. The molecule has 0 radical (unpaired) electrons. The van der Waals surface area contributed by atoms with E-state index in [9.17, 15) is 13.6 Å². The SMILES string of the molecule is CCn1c(C)nnc1S[C@@H](C)C(=O)c1cc(F)ccc1F. The number of thioether (sulfide) groups is 1. The first-order valence-electron chi connectivity index (χ1n) is 6.49. The lowest BCUT2D eigenvalue weighted by Gasteiger charge is -2.11. The van der Waals surface area contributed by atoms with Crippen LogP contribution in [-0.4, -0.2) is 25.8 Å². The molecule has 2 aromatic rings. The average Bonchev–Trinajstić information content (AvgIpc) is 2.80. The molecule has 0 bridgehead atoms. The molecule has 0 spiro atoms. The van der Waals surface area contributed by atoms with Gasteiger partial charge in [-0.15, -0.1) is 10.2 Å². The zero-order valence-electron chi connectivity index (χ0n) is 11.9. The molecule has 4 nitrogen and oxygen atoms in total. The summed E-state index contributed by atoms with van der Waals surface area (Å²) < 4.78 is 28.7. The molecule has 0 aliphatic carbocycles. The van der Waals surface area contributed by atoms with Crippen LogP contribution in [-0.2, 0) is 6.54 Å². The fourth-order valence-corrected chi connectivity index (χ4v) is 2.96. The minimum absolute atomic E-state index is 0.241. The number of rotatable bonds is 5. The van der Waals surface area contributed by atoms with Crippen molar-refractivity contribution in [2.45, 2.75) is 37.7 Å². The summed E-state index contributed by atoms with van der Waals surface area (Å²) in [5.74, 6) is -1.08. The quantitative estimate of drug-likeness (QED) is 0.628. The number of carbonyl (C=O) groups is 1. The zero-order chi connectivity index (χ0) is 15.6. The molecule has 0 unspecified atom stereocenters. The Morgan fingerprint density at radius 2 is 2.10 bits per heavy atom. The molecule has 0 saturated carbocycles. The minimum Gasteiger partial charge on any atom is -0.307 e. The number of hydrogen-bond acceptors (Lipinski definition) is 4. The summed E-state index contributed by atoms with van der Waals surface area (Å²) in [6, 6.07) is 2.87. The van der Waals surface area contributed by atoms with Gasteiger partial charge in [-0.25, -0.2) is 8.78 Å². The van der Waals surface area contributed by atoms with E-state index in [0.717, 1.165) is 24.0 Å². The lowest BCUT2D eigenvalue weighted by molar-refractivity contribution is 0.0989. The van der Waals surface area contributed by atoms with Gasteiger partial charge in [0, 0.05) is 6.54 Å². The monoisotopic (exact) mass is 311 g/mol. The summed E-state index contributed by atoms with van der Waals surface area (Å²) in [7, 11) is 0. The molecule has 1 atom stereocenters. The second kappa shape index (κ2) is 6.34. The molecular formula is C14H15F2N3OS. The van der Waals surface area contributed by atoms with Gasteiger partial charge in [0.15, 0.2) is 10.9 Å². The van der Waals surface area contributed by atoms with Crippen LogP contribution in [0.1, 0.15) is 30.0 Å². The molecule has 2 rings (SSSR count). The summed E-state index contributed by atoms with van der Waals surface area (Å²) >= 11 is 1.18. The van der Waals surface area contributed by atoms with Crippen LogP contribution in [0.15, 0.2) is 23.4 Å². The van der Waals surface area contributed by atoms with Gasteiger partial charge in [-0.05, 0) is 39.0 Å². The normalized spacial score (nSPS) is 12.4. The second-order valence-corrected chi connectivity index (χ2v) is 5.83. The van der Waals surface area contributed by atoms with Gasteiger partial charge in [-0.1, -0.05) is 11.8 Å². The van der Waals surface area contributed by atoms with Crippen molar-refractivity contribution in [2.24, 2.45) is 0 Å². The van der Waals surface area contributed by atoms with Gasteiger partial charge in [-0.3, -0.25) is 4.79 Å². The van der Waals surface area contributed by atoms with Gasteiger partial charge >= 0.3 is 0 Å². The molecule has 1 aromatic carbocycles. The van der Waals surface area contributed by atoms with Crippen LogP contribution in [0.3, 0.4) is 0 Å². The topological polar surface area (TPSA) is 47.8 Å². The Hall–Kier alpha value is -1.76. The molecule has 0 fully saturated rings. The van der Waals surface area contributed by atoms with E-state index >= 15 is 0 Å². The van der Waals surface area contributed by atoms with Crippen LogP contribution in [0.5, 0.6) is 0 Å². The van der Waals surface area contributed by atoms with Crippen LogP contribution >= 0.6 is 11.8 Å². The van der Waals surface area contributed by atoms with Crippen molar-refractivity contribution in [1.82, 2.24) is 14.8 Å². The Morgan fingerprint density at radius 1 is 1.38 bits per heavy atom. The number of carbonyl (C=O) groups excluding carboxylic acids is 1. The Kier molecular flexibility index (Phi) is 4.72. The Bertz CT molecular complexity index is 672. The van der Waals surface area contributed by atoms with Gasteiger partial charge < -0.3 is 4.57 Å². The smallest absolute Gasteiger partial charge is 0.191 e. The first kappa shape index (κ1) is 15.6. The Labute approximate surface area is 125 Å². The van der Waals surface area contributed by atoms with E-state index in [4.69, 9.17) is 0 Å². The highest BCUT2D eigenvalue weighted by atomic mass is 32.2. The van der Waals surface area contributed by atoms with Crippen molar-refractivity contribution in [3.63, 3.8) is 0 Å². The molecule has 112 valence electrons. The highest BCUT2D eigenvalue weighted by Gasteiger charge is 2.22. The van der Waals surface area contributed by atoms with Crippen molar-refractivity contribution in [3.8, 4) is 0 Å². The highest BCUT2D eigenvalue weighted by Crippen LogP contribution is 2.25. The predicted molar refractivity (Wildman–Crippen MR) is 76.4 cm³/mol. The first-order valence-corrected chi connectivity index (χ1v) is 7.37. The standard InChI is InChI=1S/C14H15F2N3OS/c1-4-19-9(3)17-18-14(19)21-8(2)13(20)11-7-10(15)5-6-12(11)16/h5-8H,4H2,1-3H3/t8-/m0/s1. The number of aryl methyl sites for hydroxylation is 1. The molecule has 0 N–H and O–H groups in total. The van der Waals surface area contributed by atoms with E-state index in [2.05, 4.69) is 10.2 Å². The van der Waals surface area contributed by atoms with Gasteiger partial charge in [0.25, 0.3) is 0 Å². The third kappa shape index (κ3) is 3.29. The van der Waals surface area contributed by atoms with Crippen molar-refractivity contribution < 1.29 is 13.6 Å². The van der Waals surface area contributed by atoms with Crippen molar-refractivity contribution in [1.29, 1.82) is 0 Å². The molecule has 0 aliphatic heterocycles. The van der Waals surface area contributed by atoms with E-state index < -0.39 is 22.7 Å². The molecule has 0 amide bonds. The van der Waals surface area contributed by atoms with E-state index in [1.165, 1.54) is 11.8 Å². The number of ketones is 1. The number of Topliss-reactive ketones (excluding diaryl/α,β-unsaturated/α-hetero) is 1. The van der Waals surface area contributed by atoms with Crippen LogP contribution in [0.25, 0.3) is 0 Å². The third-order valence-corrected chi connectivity index (χ3v) is 4.14. The fraction of sp³-hybridized carbons (Fsp3) is 0.357. The third-order valence-electron chi connectivity index (χ3n) is 3.06. The van der Waals surface area contributed by atoms with E-state index in [1.807, 2.05) is 18.4 Å². The van der Waals surface area contributed by atoms with E-state index in [0.29, 0.717) is 11.7 Å². The van der Waals surface area contributed by atoms with Crippen molar-refractivity contribution in [3.05, 3.63) is 41.2 Å². The number of aromatic nitrogens is 3. The number of hydrogen-bond donors (Lipinski definition) is 0. The Morgan fingerprint density at radius 3 is 2.76 bits per heavy atom. The van der Waals surface area contributed by atoms with Gasteiger partial charge in [0.1, 0.15) is 17.5 Å². The molecule has 21 heavy (non-hydrogen) atoms. The molecule has 0 aliphatic rings. The number of halogens is 2. The zero-order valence-corrected chi connectivity index (χ0v) is 12.7. The van der Waals surface area contributed by atoms with Crippen LogP contribution in [0.2, 0.25) is 0 Å². The van der Waals surface area contributed by atoms with E-state index in [1.54, 1.807) is 6.92 Å². The lowest BCUT2D eigenvalue weighted by atomic mass is 10.1. The second-order valence-electron chi connectivity index (χ2n) is 4.52. The summed E-state index contributed by atoms with van der Waals surface area (Å²) in [4.78, 5) is 12.2. The summed E-state index contributed by atoms with van der Waals surface area (Å²) in [5.41, 5.74) is -0.241. The summed E-state index contributed by atoms with van der Waals surface area (Å²) in [6.07, 6.45) is 0. The maximum absolute atomic E-state index is 13.6. The fourth-order valence-electron chi connectivity index (χ4n) is 1.93. The van der Waals surface area contributed by atoms with Crippen molar-refractivity contribution >= 4 is 17.5 Å². The maximum Gasteiger partial charge on any atom is 0.191 e. The van der Waals surface area contributed by atoms with Crippen LogP contribution in [0, 0.1) is 18.6 Å². The van der Waals surface area contributed by atoms with Crippen LogP contribution < -0.4 is 0 Å². The molecule has 1 heterocycles. The van der Waals surface area contributed by atoms with E-state index in [-0.39, 0.29) is 5.56 Å². The average molecular weight is 311 g/mol. The van der Waals surface area contributed by atoms with Gasteiger partial charge in [0.2, 0.25) is 0 Å². The van der Waals surface area contributed by atoms with Gasteiger partial charge in [0.05, 0.1) is 10.8 Å². The van der Waals surface area contributed by atoms with Crippen LogP contribution in [0.4, 0.5) is 8.78 Å². The molecule has 7 heteroatoms. The summed E-state index contributed by atoms with van der Waals surface area (Å²) in [6.45, 7) is 6.08. The van der Waals surface area contributed by atoms with Crippen molar-refractivity contribution in [2.75, 3.05) is 0 Å². The first-order chi connectivity index (χ1) is 9.93. The molecular weight excluding hydrogens is 296 g/mol. The minimum atomic E-state index is -0.720. The molecule has 1 aromatic heterocycles. The summed E-state index contributed by atoms with van der Waals surface area (Å²) in [5, 5.41) is 7.95. The highest BCUT2D eigenvalue weighted by molar-refractivity contribution is 8.00. The predicted octanol–water partition coefficient (Wildman–Crippen LogP) is 3.25.